The molecule has 0 spiro atoms. The highest BCUT2D eigenvalue weighted by Crippen LogP contribution is 2.22. The van der Waals surface area contributed by atoms with Crippen LogP contribution in [0.25, 0.3) is 16.7 Å². The molecule has 0 aliphatic carbocycles. The van der Waals surface area contributed by atoms with E-state index in [1.165, 1.54) is 17.2 Å². The lowest BCUT2D eigenvalue weighted by Gasteiger charge is -2.12. The number of aromatic nitrogens is 4. The molecule has 2 aromatic heterocycles. The van der Waals surface area contributed by atoms with Crippen LogP contribution < -0.4 is 10.3 Å². The van der Waals surface area contributed by atoms with Crippen molar-refractivity contribution >= 4 is 26.7 Å². The fourth-order valence-corrected chi connectivity index (χ4v) is 4.31. The van der Waals surface area contributed by atoms with Crippen molar-refractivity contribution in [2.24, 2.45) is 0 Å². The van der Waals surface area contributed by atoms with E-state index in [9.17, 15) is 13.2 Å². The Bertz CT molecular complexity index is 1340. The van der Waals surface area contributed by atoms with Crippen molar-refractivity contribution in [1.29, 1.82) is 0 Å². The van der Waals surface area contributed by atoms with E-state index >= 15 is 0 Å². The Labute approximate surface area is 160 Å². The number of anilines is 1. The average Bonchev–Trinajstić information content (AvgIpc) is 3.09. The molecule has 0 fully saturated rings. The van der Waals surface area contributed by atoms with Gasteiger partial charge in [-0.05, 0) is 55.3 Å². The van der Waals surface area contributed by atoms with E-state index in [4.69, 9.17) is 0 Å². The summed E-state index contributed by atoms with van der Waals surface area (Å²) < 4.78 is 29.6. The van der Waals surface area contributed by atoms with Crippen LogP contribution >= 0.6 is 0 Å². The zero-order valence-corrected chi connectivity index (χ0v) is 16.0. The molecule has 4 aromatic rings. The van der Waals surface area contributed by atoms with Crippen LogP contribution in [0.3, 0.4) is 0 Å². The SMILES string of the molecule is Cc1ccc(C)c(S(=O)(=O)Nc2ccc(-n3ncc4c(=O)[nH]cnc43)cc2)c1. The van der Waals surface area contributed by atoms with E-state index < -0.39 is 10.0 Å². The van der Waals surface area contributed by atoms with Crippen molar-refractivity contribution in [1.82, 2.24) is 19.7 Å². The van der Waals surface area contributed by atoms with Crippen LogP contribution in [0.2, 0.25) is 0 Å². The summed E-state index contributed by atoms with van der Waals surface area (Å²) in [4.78, 5) is 18.7. The molecule has 0 saturated heterocycles. The fraction of sp³-hybridized carbons (Fsp3) is 0.105. The van der Waals surface area contributed by atoms with Crippen molar-refractivity contribution in [3.8, 4) is 5.69 Å². The van der Waals surface area contributed by atoms with Gasteiger partial charge in [0.25, 0.3) is 15.6 Å². The van der Waals surface area contributed by atoms with Crippen molar-refractivity contribution in [3.63, 3.8) is 0 Å². The number of aryl methyl sites for hydroxylation is 2. The van der Waals surface area contributed by atoms with Gasteiger partial charge in [0.05, 0.1) is 23.1 Å². The van der Waals surface area contributed by atoms with E-state index in [1.807, 2.05) is 13.0 Å². The molecule has 9 heteroatoms. The fourth-order valence-electron chi connectivity index (χ4n) is 2.92. The first-order chi connectivity index (χ1) is 13.3. The number of hydrogen-bond acceptors (Lipinski definition) is 5. The lowest BCUT2D eigenvalue weighted by molar-refractivity contribution is 0.600. The van der Waals surface area contributed by atoms with Gasteiger partial charge >= 0.3 is 0 Å². The normalized spacial score (nSPS) is 11.6. The Morgan fingerprint density at radius 3 is 2.57 bits per heavy atom. The maximum absolute atomic E-state index is 12.7. The molecule has 2 aromatic carbocycles. The standard InChI is InChI=1S/C19H17N5O3S/c1-12-3-4-13(2)17(9-12)28(26,27)23-14-5-7-15(8-6-14)24-18-16(10-22-24)19(25)21-11-20-18/h3-11,23H,1-2H3,(H,20,21,25). The third-order valence-corrected chi connectivity index (χ3v) is 5.89. The summed E-state index contributed by atoms with van der Waals surface area (Å²) >= 11 is 0. The Morgan fingerprint density at radius 1 is 1.07 bits per heavy atom. The van der Waals surface area contributed by atoms with Gasteiger partial charge in [-0.2, -0.15) is 5.10 Å². The maximum atomic E-state index is 12.7. The third-order valence-electron chi connectivity index (χ3n) is 4.37. The molecule has 142 valence electrons. The number of benzene rings is 2. The highest BCUT2D eigenvalue weighted by molar-refractivity contribution is 7.92. The van der Waals surface area contributed by atoms with Crippen LogP contribution in [0.1, 0.15) is 11.1 Å². The quantitative estimate of drug-likeness (QED) is 0.552. The van der Waals surface area contributed by atoms with E-state index in [1.54, 1.807) is 43.3 Å². The van der Waals surface area contributed by atoms with Gasteiger partial charge in [-0.25, -0.2) is 18.1 Å². The second kappa shape index (κ2) is 6.61. The Kier molecular flexibility index (Phi) is 4.23. The number of rotatable bonds is 4. The topological polar surface area (TPSA) is 110 Å². The van der Waals surface area contributed by atoms with Crippen LogP contribution in [-0.2, 0) is 10.0 Å². The van der Waals surface area contributed by atoms with Crippen LogP contribution in [0.5, 0.6) is 0 Å². The number of sulfonamides is 1. The smallest absolute Gasteiger partial charge is 0.262 e. The molecular weight excluding hydrogens is 378 g/mol. The number of nitrogens with one attached hydrogen (secondary N) is 2. The molecule has 0 aliphatic heterocycles. The van der Waals surface area contributed by atoms with E-state index in [2.05, 4.69) is 19.8 Å². The second-order valence-corrected chi connectivity index (χ2v) is 8.10. The molecule has 0 aliphatic rings. The van der Waals surface area contributed by atoms with Gasteiger partial charge in [0, 0.05) is 5.69 Å². The summed E-state index contributed by atoms with van der Waals surface area (Å²) in [5.41, 5.74) is 2.78. The first-order valence-electron chi connectivity index (χ1n) is 8.47. The molecule has 0 atom stereocenters. The minimum Gasteiger partial charge on any atom is -0.312 e. The van der Waals surface area contributed by atoms with Crippen molar-refractivity contribution in [2.45, 2.75) is 18.7 Å². The molecular formula is C19H17N5O3S. The zero-order chi connectivity index (χ0) is 19.9. The highest BCUT2D eigenvalue weighted by Gasteiger charge is 2.17. The van der Waals surface area contributed by atoms with E-state index in [0.29, 0.717) is 28.0 Å². The first kappa shape index (κ1) is 17.9. The van der Waals surface area contributed by atoms with Crippen molar-refractivity contribution in [2.75, 3.05) is 4.72 Å². The van der Waals surface area contributed by atoms with Crippen LogP contribution in [-0.4, -0.2) is 28.2 Å². The van der Waals surface area contributed by atoms with Crippen LogP contribution in [0.4, 0.5) is 5.69 Å². The Hall–Kier alpha value is -3.46. The van der Waals surface area contributed by atoms with Crippen LogP contribution in [0, 0.1) is 13.8 Å². The number of fused-ring (bicyclic) bond motifs is 1. The van der Waals surface area contributed by atoms with Gasteiger partial charge in [-0.3, -0.25) is 9.52 Å². The second-order valence-electron chi connectivity index (χ2n) is 6.45. The maximum Gasteiger partial charge on any atom is 0.262 e. The predicted molar refractivity (Wildman–Crippen MR) is 106 cm³/mol. The molecule has 0 amide bonds. The summed E-state index contributed by atoms with van der Waals surface area (Å²) in [7, 11) is -3.70. The number of H-pyrrole nitrogens is 1. The predicted octanol–water partition coefficient (Wildman–Crippen LogP) is 2.53. The lowest BCUT2D eigenvalue weighted by Crippen LogP contribution is -2.14. The van der Waals surface area contributed by atoms with Crippen LogP contribution in [0.15, 0.2) is 64.7 Å². The van der Waals surface area contributed by atoms with Gasteiger partial charge in [-0.1, -0.05) is 12.1 Å². The zero-order valence-electron chi connectivity index (χ0n) is 15.2. The number of nitrogens with zero attached hydrogens (tertiary/aromatic N) is 3. The molecule has 0 saturated carbocycles. The van der Waals surface area contributed by atoms with Gasteiger partial charge in [-0.15, -0.1) is 0 Å². The van der Waals surface area contributed by atoms with E-state index in [0.717, 1.165) is 5.56 Å². The molecule has 0 bridgehead atoms. The first-order valence-corrected chi connectivity index (χ1v) is 9.95. The summed E-state index contributed by atoms with van der Waals surface area (Å²) in [6.07, 6.45) is 2.76. The summed E-state index contributed by atoms with van der Waals surface area (Å²) in [6, 6.07) is 12.0. The van der Waals surface area contributed by atoms with Gasteiger partial charge in [0.2, 0.25) is 0 Å². The molecule has 2 N–H and O–H groups in total. The third kappa shape index (κ3) is 3.16. The largest absolute Gasteiger partial charge is 0.312 e. The molecule has 2 heterocycles. The molecule has 28 heavy (non-hydrogen) atoms. The monoisotopic (exact) mass is 395 g/mol. The highest BCUT2D eigenvalue weighted by atomic mass is 32.2. The van der Waals surface area contributed by atoms with E-state index in [-0.39, 0.29) is 10.5 Å². The van der Waals surface area contributed by atoms with Gasteiger partial charge in [0.1, 0.15) is 5.39 Å². The minimum atomic E-state index is -3.70. The lowest BCUT2D eigenvalue weighted by atomic mass is 10.2. The van der Waals surface area contributed by atoms with Crippen molar-refractivity contribution in [3.05, 3.63) is 76.5 Å². The van der Waals surface area contributed by atoms with Crippen molar-refractivity contribution < 1.29 is 8.42 Å². The number of hydrogen-bond donors (Lipinski definition) is 2. The molecule has 4 rings (SSSR count). The van der Waals surface area contributed by atoms with Gasteiger partial charge < -0.3 is 4.98 Å². The minimum absolute atomic E-state index is 0.248. The molecule has 0 unspecified atom stereocenters. The molecule has 0 radical (unpaired) electrons. The number of aromatic amines is 1. The summed E-state index contributed by atoms with van der Waals surface area (Å²) in [5, 5.41) is 4.57. The summed E-state index contributed by atoms with van der Waals surface area (Å²) in [5.74, 6) is 0. The van der Waals surface area contributed by atoms with Gasteiger partial charge in [0.15, 0.2) is 5.65 Å². The average molecular weight is 395 g/mol. The Balaban J connectivity index is 1.66. The summed E-state index contributed by atoms with van der Waals surface area (Å²) in [6.45, 7) is 3.61. The molecule has 8 nitrogen and oxygen atoms in total. The Morgan fingerprint density at radius 2 is 1.82 bits per heavy atom.